The van der Waals surface area contributed by atoms with Crippen molar-refractivity contribution in [3.63, 3.8) is 0 Å². The summed E-state index contributed by atoms with van der Waals surface area (Å²) in [6.45, 7) is 3.25. The first-order valence-electron chi connectivity index (χ1n) is 8.97. The van der Waals surface area contributed by atoms with E-state index >= 15 is 0 Å². The summed E-state index contributed by atoms with van der Waals surface area (Å²) in [4.78, 5) is 0. The molecule has 1 N–H and O–H groups in total. The van der Waals surface area contributed by atoms with Gasteiger partial charge in [0.15, 0.2) is 11.5 Å². The Morgan fingerprint density at radius 2 is 1.55 bits per heavy atom. The molecule has 0 unspecified atom stereocenters. The van der Waals surface area contributed by atoms with Crippen LogP contribution in [0, 0.1) is 0 Å². The molecule has 7 heteroatoms. The van der Waals surface area contributed by atoms with Crippen LogP contribution in [0.4, 0.5) is 5.69 Å². The monoisotopic (exact) mass is 469 g/mol. The third-order valence-electron chi connectivity index (χ3n) is 4.10. The first kappa shape index (κ1) is 21.9. The number of ether oxygens (including phenoxy) is 2. The number of benzene rings is 3. The first-order valence-corrected chi connectivity index (χ1v) is 10.5. The summed E-state index contributed by atoms with van der Waals surface area (Å²) in [7, 11) is 0. The molecule has 0 aliphatic rings. The molecular formula is C22H19Cl4NO2. The van der Waals surface area contributed by atoms with E-state index in [1.165, 1.54) is 0 Å². The second-order valence-electron chi connectivity index (χ2n) is 6.22. The second kappa shape index (κ2) is 10.3. The number of hydrogen-bond acceptors (Lipinski definition) is 3. The first-order chi connectivity index (χ1) is 14.0. The molecule has 0 saturated heterocycles. The number of anilines is 1. The SMILES string of the molecule is CCOc1cc(CNc2ccc(Cl)cc2Cl)c(Cl)cc1OCc1cccc(Cl)c1. The van der Waals surface area contributed by atoms with E-state index in [0.29, 0.717) is 51.3 Å². The van der Waals surface area contributed by atoms with E-state index in [4.69, 9.17) is 55.9 Å². The largest absolute Gasteiger partial charge is 0.490 e. The van der Waals surface area contributed by atoms with Gasteiger partial charge in [-0.05, 0) is 54.4 Å². The Morgan fingerprint density at radius 3 is 2.28 bits per heavy atom. The second-order valence-corrected chi connectivity index (χ2v) is 7.91. The lowest BCUT2D eigenvalue weighted by Crippen LogP contribution is -2.04. The minimum Gasteiger partial charge on any atom is -0.490 e. The maximum Gasteiger partial charge on any atom is 0.163 e. The van der Waals surface area contributed by atoms with Crippen molar-refractivity contribution in [2.45, 2.75) is 20.1 Å². The fraction of sp³-hybridized carbons (Fsp3) is 0.182. The Balaban J connectivity index is 1.76. The molecule has 0 saturated carbocycles. The standard InChI is InChI=1S/C22H19Cl4NO2/c1-2-28-21-9-15(12-27-20-7-6-17(24)10-19(20)26)18(25)11-22(21)29-13-14-4-3-5-16(23)8-14/h3-11,27H,2,12-13H2,1H3. The predicted octanol–water partition coefficient (Wildman–Crippen LogP) is 7.89. The number of rotatable bonds is 8. The maximum absolute atomic E-state index is 6.49. The molecule has 0 heterocycles. The van der Waals surface area contributed by atoms with Crippen LogP contribution >= 0.6 is 46.4 Å². The van der Waals surface area contributed by atoms with Gasteiger partial charge in [-0.15, -0.1) is 0 Å². The summed E-state index contributed by atoms with van der Waals surface area (Å²) >= 11 is 24.7. The van der Waals surface area contributed by atoms with Gasteiger partial charge < -0.3 is 14.8 Å². The van der Waals surface area contributed by atoms with Crippen LogP contribution in [-0.2, 0) is 13.2 Å². The molecular weight excluding hydrogens is 452 g/mol. The van der Waals surface area contributed by atoms with Crippen LogP contribution in [-0.4, -0.2) is 6.61 Å². The predicted molar refractivity (Wildman–Crippen MR) is 122 cm³/mol. The van der Waals surface area contributed by atoms with Crippen LogP contribution in [0.25, 0.3) is 0 Å². The Morgan fingerprint density at radius 1 is 0.793 bits per heavy atom. The minimum absolute atomic E-state index is 0.356. The smallest absolute Gasteiger partial charge is 0.163 e. The molecule has 0 aromatic heterocycles. The van der Waals surface area contributed by atoms with Crippen molar-refractivity contribution < 1.29 is 9.47 Å². The Bertz CT molecular complexity index is 995. The Kier molecular flexibility index (Phi) is 7.79. The normalized spacial score (nSPS) is 10.7. The summed E-state index contributed by atoms with van der Waals surface area (Å²) in [6.07, 6.45) is 0. The van der Waals surface area contributed by atoms with E-state index in [1.54, 1.807) is 18.2 Å². The number of halogens is 4. The fourth-order valence-corrected chi connectivity index (χ4v) is 3.61. The molecule has 0 atom stereocenters. The average Bonchev–Trinajstić information content (AvgIpc) is 2.68. The molecule has 152 valence electrons. The lowest BCUT2D eigenvalue weighted by molar-refractivity contribution is 0.269. The summed E-state index contributed by atoms with van der Waals surface area (Å²) in [5.74, 6) is 1.20. The van der Waals surface area contributed by atoms with Gasteiger partial charge in [0.25, 0.3) is 0 Å². The zero-order chi connectivity index (χ0) is 20.8. The van der Waals surface area contributed by atoms with E-state index in [9.17, 15) is 0 Å². The topological polar surface area (TPSA) is 30.5 Å². The summed E-state index contributed by atoms with van der Waals surface area (Å²) in [6, 6.07) is 16.4. The van der Waals surface area contributed by atoms with Crippen molar-refractivity contribution in [1.82, 2.24) is 0 Å². The van der Waals surface area contributed by atoms with Gasteiger partial charge >= 0.3 is 0 Å². The maximum atomic E-state index is 6.49. The molecule has 29 heavy (non-hydrogen) atoms. The van der Waals surface area contributed by atoms with Crippen molar-refractivity contribution in [2.24, 2.45) is 0 Å². The zero-order valence-corrected chi connectivity index (χ0v) is 18.7. The molecule has 0 spiro atoms. The molecule has 0 amide bonds. The van der Waals surface area contributed by atoms with E-state index in [1.807, 2.05) is 43.3 Å². The van der Waals surface area contributed by atoms with Crippen LogP contribution in [0.5, 0.6) is 11.5 Å². The van der Waals surface area contributed by atoms with Crippen molar-refractivity contribution in [2.75, 3.05) is 11.9 Å². The molecule has 0 aliphatic heterocycles. The Hall–Kier alpha value is -1.78. The molecule has 3 aromatic rings. The van der Waals surface area contributed by atoms with Gasteiger partial charge in [0.1, 0.15) is 6.61 Å². The highest BCUT2D eigenvalue weighted by Crippen LogP contribution is 2.35. The third-order valence-corrected chi connectivity index (χ3v) is 5.23. The summed E-state index contributed by atoms with van der Waals surface area (Å²) < 4.78 is 11.7. The van der Waals surface area contributed by atoms with Crippen LogP contribution < -0.4 is 14.8 Å². The number of hydrogen-bond donors (Lipinski definition) is 1. The molecule has 0 fully saturated rings. The minimum atomic E-state index is 0.356. The summed E-state index contributed by atoms with van der Waals surface area (Å²) in [5.41, 5.74) is 2.59. The van der Waals surface area contributed by atoms with Gasteiger partial charge in [-0.25, -0.2) is 0 Å². The highest BCUT2D eigenvalue weighted by Gasteiger charge is 2.12. The molecule has 0 radical (unpaired) electrons. The zero-order valence-electron chi connectivity index (χ0n) is 15.6. The van der Waals surface area contributed by atoms with Gasteiger partial charge in [0, 0.05) is 27.7 Å². The van der Waals surface area contributed by atoms with Crippen molar-refractivity contribution in [3.8, 4) is 11.5 Å². The van der Waals surface area contributed by atoms with E-state index in [0.717, 1.165) is 16.8 Å². The van der Waals surface area contributed by atoms with Gasteiger partial charge in [-0.1, -0.05) is 58.5 Å². The third kappa shape index (κ3) is 6.10. The highest BCUT2D eigenvalue weighted by molar-refractivity contribution is 6.36. The molecule has 3 nitrogen and oxygen atoms in total. The van der Waals surface area contributed by atoms with Crippen LogP contribution in [0.15, 0.2) is 54.6 Å². The van der Waals surface area contributed by atoms with E-state index < -0.39 is 0 Å². The van der Waals surface area contributed by atoms with Crippen molar-refractivity contribution >= 4 is 52.1 Å². The molecule has 3 aromatic carbocycles. The fourth-order valence-electron chi connectivity index (χ4n) is 2.70. The Labute approximate surface area is 190 Å². The lowest BCUT2D eigenvalue weighted by Gasteiger charge is -2.16. The van der Waals surface area contributed by atoms with Gasteiger partial charge in [-0.3, -0.25) is 0 Å². The summed E-state index contributed by atoms with van der Waals surface area (Å²) in [5, 5.41) is 5.61. The van der Waals surface area contributed by atoms with Crippen LogP contribution in [0.3, 0.4) is 0 Å². The van der Waals surface area contributed by atoms with Gasteiger partial charge in [0.05, 0.1) is 17.3 Å². The lowest BCUT2D eigenvalue weighted by atomic mass is 10.2. The quantitative estimate of drug-likeness (QED) is 0.363. The van der Waals surface area contributed by atoms with Crippen molar-refractivity contribution in [3.05, 3.63) is 85.8 Å². The highest BCUT2D eigenvalue weighted by atomic mass is 35.5. The molecule has 0 bridgehead atoms. The van der Waals surface area contributed by atoms with Crippen molar-refractivity contribution in [1.29, 1.82) is 0 Å². The van der Waals surface area contributed by atoms with Gasteiger partial charge in [0.2, 0.25) is 0 Å². The molecule has 3 rings (SSSR count). The van der Waals surface area contributed by atoms with Gasteiger partial charge in [-0.2, -0.15) is 0 Å². The number of nitrogens with one attached hydrogen (secondary N) is 1. The van der Waals surface area contributed by atoms with Crippen LogP contribution in [0.2, 0.25) is 20.1 Å². The average molecular weight is 471 g/mol. The van der Waals surface area contributed by atoms with E-state index in [-0.39, 0.29) is 0 Å². The van der Waals surface area contributed by atoms with Crippen LogP contribution in [0.1, 0.15) is 18.1 Å². The van der Waals surface area contributed by atoms with E-state index in [2.05, 4.69) is 5.32 Å². The molecule has 0 aliphatic carbocycles.